The zero-order valence-electron chi connectivity index (χ0n) is 16.4. The summed E-state index contributed by atoms with van der Waals surface area (Å²) in [5.41, 5.74) is 3.31. The molecule has 1 N–H and O–H groups in total. The second-order valence-corrected chi connectivity index (χ2v) is 8.28. The van der Waals surface area contributed by atoms with Gasteiger partial charge < -0.3 is 14.8 Å². The summed E-state index contributed by atoms with van der Waals surface area (Å²) in [7, 11) is 0. The van der Waals surface area contributed by atoms with Gasteiger partial charge in [-0.1, -0.05) is 6.07 Å². The molecule has 3 heterocycles. The van der Waals surface area contributed by atoms with Crippen molar-refractivity contribution in [3.05, 3.63) is 29.6 Å². The number of hydrogen-bond donors (Lipinski definition) is 1. The summed E-state index contributed by atoms with van der Waals surface area (Å²) in [5, 5.41) is 0. The van der Waals surface area contributed by atoms with Crippen molar-refractivity contribution in [1.82, 2.24) is 19.8 Å². The van der Waals surface area contributed by atoms with Gasteiger partial charge in [-0.3, -0.25) is 9.59 Å². The molecular formula is C21H28N4O2. The van der Waals surface area contributed by atoms with Gasteiger partial charge in [-0.15, -0.1) is 0 Å². The molecule has 1 aromatic carbocycles. The molecule has 2 fully saturated rings. The lowest BCUT2D eigenvalue weighted by molar-refractivity contribution is -0.136. The fraction of sp³-hybridized carbons (Fsp3) is 0.571. The average Bonchev–Trinajstić information content (AvgIpc) is 3.24. The van der Waals surface area contributed by atoms with Gasteiger partial charge in [0.2, 0.25) is 11.8 Å². The fourth-order valence-electron chi connectivity index (χ4n) is 4.36. The largest absolute Gasteiger partial charge is 0.342 e. The molecule has 0 radical (unpaired) electrons. The fourth-order valence-corrected chi connectivity index (χ4v) is 4.36. The molecule has 0 bridgehead atoms. The summed E-state index contributed by atoms with van der Waals surface area (Å²) in [5.74, 6) is 1.47. The highest BCUT2D eigenvalue weighted by molar-refractivity contribution is 5.89. The highest BCUT2D eigenvalue weighted by atomic mass is 16.2. The van der Waals surface area contributed by atoms with Gasteiger partial charge in [0.1, 0.15) is 5.82 Å². The van der Waals surface area contributed by atoms with Crippen LogP contribution in [0.3, 0.4) is 0 Å². The number of fused-ring (bicyclic) bond motifs is 1. The van der Waals surface area contributed by atoms with E-state index in [-0.39, 0.29) is 23.8 Å². The van der Waals surface area contributed by atoms with E-state index in [0.29, 0.717) is 18.9 Å². The van der Waals surface area contributed by atoms with E-state index in [9.17, 15) is 9.59 Å². The molecule has 0 saturated carbocycles. The Kier molecular flexibility index (Phi) is 4.66. The van der Waals surface area contributed by atoms with Crippen molar-refractivity contribution in [1.29, 1.82) is 0 Å². The number of aromatic nitrogens is 2. The van der Waals surface area contributed by atoms with Gasteiger partial charge in [-0.05, 0) is 51.3 Å². The van der Waals surface area contributed by atoms with Crippen LogP contribution in [0.15, 0.2) is 18.2 Å². The normalized spacial score (nSPS) is 21.6. The van der Waals surface area contributed by atoms with Gasteiger partial charge >= 0.3 is 0 Å². The number of imidazole rings is 1. The third-order valence-corrected chi connectivity index (χ3v) is 5.98. The van der Waals surface area contributed by atoms with Crippen LogP contribution in [0.4, 0.5) is 0 Å². The van der Waals surface area contributed by atoms with Gasteiger partial charge in [-0.2, -0.15) is 0 Å². The van der Waals surface area contributed by atoms with Crippen molar-refractivity contribution >= 4 is 22.8 Å². The van der Waals surface area contributed by atoms with E-state index in [4.69, 9.17) is 4.98 Å². The van der Waals surface area contributed by atoms with Crippen LogP contribution in [-0.2, 0) is 9.59 Å². The van der Waals surface area contributed by atoms with Crippen molar-refractivity contribution in [3.63, 3.8) is 0 Å². The van der Waals surface area contributed by atoms with Crippen LogP contribution in [0.5, 0.6) is 0 Å². The molecule has 2 aromatic rings. The minimum atomic E-state index is -0.175. The maximum Gasteiger partial charge on any atom is 0.227 e. The summed E-state index contributed by atoms with van der Waals surface area (Å²) in [6.45, 7) is 8.14. The Labute approximate surface area is 159 Å². The molecule has 0 aliphatic carbocycles. The van der Waals surface area contributed by atoms with E-state index < -0.39 is 0 Å². The average molecular weight is 368 g/mol. The Balaban J connectivity index is 1.38. The number of aryl methyl sites for hydroxylation is 1. The van der Waals surface area contributed by atoms with E-state index in [2.05, 4.69) is 30.1 Å². The number of hydrogen-bond acceptors (Lipinski definition) is 3. The van der Waals surface area contributed by atoms with Crippen molar-refractivity contribution in [3.8, 4) is 0 Å². The van der Waals surface area contributed by atoms with Crippen molar-refractivity contribution in [2.45, 2.75) is 52.0 Å². The predicted octanol–water partition coefficient (Wildman–Crippen LogP) is 2.83. The Bertz CT molecular complexity index is 864. The number of rotatable bonds is 3. The van der Waals surface area contributed by atoms with Crippen LogP contribution in [0.2, 0.25) is 0 Å². The van der Waals surface area contributed by atoms with Gasteiger partial charge in [0.25, 0.3) is 0 Å². The molecule has 1 atom stereocenters. The van der Waals surface area contributed by atoms with Crippen LogP contribution >= 0.6 is 0 Å². The van der Waals surface area contributed by atoms with Gasteiger partial charge in [0.05, 0.1) is 17.0 Å². The molecule has 1 aromatic heterocycles. The summed E-state index contributed by atoms with van der Waals surface area (Å²) in [6, 6.07) is 6.43. The number of carbonyl (C=O) groups is 2. The Morgan fingerprint density at radius 3 is 2.67 bits per heavy atom. The number of piperidine rings is 1. The smallest absolute Gasteiger partial charge is 0.227 e. The molecule has 2 aliphatic rings. The summed E-state index contributed by atoms with van der Waals surface area (Å²) < 4.78 is 0. The van der Waals surface area contributed by atoms with Gasteiger partial charge in [-0.25, -0.2) is 4.98 Å². The van der Waals surface area contributed by atoms with E-state index in [1.54, 1.807) is 0 Å². The first-order valence-electron chi connectivity index (χ1n) is 9.97. The molecule has 6 heteroatoms. The number of H-pyrrole nitrogens is 1. The van der Waals surface area contributed by atoms with Crippen LogP contribution in [0.25, 0.3) is 11.0 Å². The molecular weight excluding hydrogens is 340 g/mol. The minimum Gasteiger partial charge on any atom is -0.342 e. The van der Waals surface area contributed by atoms with Crippen LogP contribution in [0, 0.1) is 12.8 Å². The number of amides is 2. The lowest BCUT2D eigenvalue weighted by Gasteiger charge is -2.33. The summed E-state index contributed by atoms with van der Waals surface area (Å²) >= 11 is 0. The zero-order valence-corrected chi connectivity index (χ0v) is 16.4. The predicted molar refractivity (Wildman–Crippen MR) is 104 cm³/mol. The molecule has 2 amide bonds. The molecule has 6 nitrogen and oxygen atoms in total. The first-order valence-corrected chi connectivity index (χ1v) is 9.97. The number of aromatic amines is 1. The molecule has 144 valence electrons. The van der Waals surface area contributed by atoms with Crippen LogP contribution < -0.4 is 0 Å². The lowest BCUT2D eigenvalue weighted by Crippen LogP contribution is -2.42. The quantitative estimate of drug-likeness (QED) is 0.906. The molecule has 1 unspecified atom stereocenters. The lowest BCUT2D eigenvalue weighted by atomic mass is 9.95. The summed E-state index contributed by atoms with van der Waals surface area (Å²) in [6.07, 6.45) is 2.19. The Morgan fingerprint density at radius 2 is 2.00 bits per heavy atom. The minimum absolute atomic E-state index is 0.107. The Hall–Kier alpha value is -2.37. The van der Waals surface area contributed by atoms with E-state index in [1.807, 2.05) is 23.6 Å². The van der Waals surface area contributed by atoms with Crippen LogP contribution in [-0.4, -0.2) is 57.3 Å². The maximum atomic E-state index is 12.9. The second kappa shape index (κ2) is 6.98. The van der Waals surface area contributed by atoms with Crippen LogP contribution in [0.1, 0.15) is 50.4 Å². The van der Waals surface area contributed by atoms with Crippen molar-refractivity contribution < 1.29 is 9.59 Å². The van der Waals surface area contributed by atoms with Gasteiger partial charge in [0.15, 0.2) is 0 Å². The number of carbonyl (C=O) groups excluding carboxylic acids is 2. The molecule has 2 saturated heterocycles. The molecule has 0 spiro atoms. The third kappa shape index (κ3) is 3.45. The van der Waals surface area contributed by atoms with E-state index in [0.717, 1.165) is 42.8 Å². The first kappa shape index (κ1) is 18.0. The standard InChI is InChI=1S/C21H28N4O2/c1-13(2)25-12-16(11-19(25)26)21(27)24-8-6-15(7-9-24)20-22-17-5-4-14(3)10-18(17)23-20/h4-5,10,13,15-16H,6-9,11-12H2,1-3H3,(H,22,23). The SMILES string of the molecule is Cc1ccc2nc(C3CCN(C(=O)C4CC(=O)N(C(C)C)C4)CC3)[nH]c2c1. The number of nitrogens with one attached hydrogen (secondary N) is 1. The van der Waals surface area contributed by atoms with Crippen molar-refractivity contribution in [2.24, 2.45) is 5.92 Å². The third-order valence-electron chi connectivity index (χ3n) is 5.98. The highest BCUT2D eigenvalue weighted by Gasteiger charge is 2.38. The molecule has 27 heavy (non-hydrogen) atoms. The van der Waals surface area contributed by atoms with Gasteiger partial charge in [0, 0.05) is 38.0 Å². The monoisotopic (exact) mass is 368 g/mol. The topological polar surface area (TPSA) is 69.3 Å². The molecule has 4 rings (SSSR count). The maximum absolute atomic E-state index is 12.9. The number of likely N-dealkylation sites (tertiary alicyclic amines) is 2. The molecule has 2 aliphatic heterocycles. The zero-order chi connectivity index (χ0) is 19.1. The first-order chi connectivity index (χ1) is 12.9. The van der Waals surface area contributed by atoms with Crippen molar-refractivity contribution in [2.75, 3.05) is 19.6 Å². The second-order valence-electron chi connectivity index (χ2n) is 8.28. The summed E-state index contributed by atoms with van der Waals surface area (Å²) in [4.78, 5) is 37.0. The highest BCUT2D eigenvalue weighted by Crippen LogP contribution is 2.30. The van der Waals surface area contributed by atoms with E-state index >= 15 is 0 Å². The Morgan fingerprint density at radius 1 is 1.26 bits per heavy atom. The number of nitrogens with zero attached hydrogens (tertiary/aromatic N) is 3. The number of benzene rings is 1. The van der Waals surface area contributed by atoms with E-state index in [1.165, 1.54) is 5.56 Å².